The van der Waals surface area contributed by atoms with Crippen LogP contribution in [0.2, 0.25) is 0 Å². The lowest BCUT2D eigenvalue weighted by molar-refractivity contribution is 0.277. The first-order chi connectivity index (χ1) is 10.9. The summed E-state index contributed by atoms with van der Waals surface area (Å²) in [7, 11) is 0. The van der Waals surface area contributed by atoms with Crippen LogP contribution in [0.1, 0.15) is 12.8 Å². The second-order valence-corrected chi connectivity index (χ2v) is 5.71. The number of aromatic nitrogens is 2. The third-order valence-electron chi connectivity index (χ3n) is 4.17. The fraction of sp³-hybridized carbons (Fsp3) is 0.278. The highest BCUT2D eigenvalue weighted by molar-refractivity contribution is 5.80. The van der Waals surface area contributed by atoms with Crippen molar-refractivity contribution in [3.05, 3.63) is 54.7 Å². The molecule has 1 aliphatic rings. The summed E-state index contributed by atoms with van der Waals surface area (Å²) < 4.78 is 7.81. The molecular formula is C18H19N3O. The molecule has 1 atom stereocenters. The van der Waals surface area contributed by atoms with Crippen LogP contribution in [0.3, 0.4) is 0 Å². The minimum atomic E-state index is 0.495. The van der Waals surface area contributed by atoms with Gasteiger partial charge in [0.25, 0.3) is 0 Å². The molecule has 0 amide bonds. The normalized spacial score (nSPS) is 17.9. The Morgan fingerprint density at radius 3 is 2.82 bits per heavy atom. The van der Waals surface area contributed by atoms with Crippen LogP contribution < -0.4 is 10.1 Å². The number of rotatable bonds is 4. The maximum Gasteiger partial charge on any atom is 0.119 e. The largest absolute Gasteiger partial charge is 0.492 e. The summed E-state index contributed by atoms with van der Waals surface area (Å²) in [6, 6.07) is 16.8. The smallest absolute Gasteiger partial charge is 0.119 e. The Bertz CT molecular complexity index is 757. The SMILES string of the molecule is c1ccc2c(c1)cnn2-c1ccc(OC[C@H]2CCCN2)cc1. The van der Waals surface area contributed by atoms with E-state index in [-0.39, 0.29) is 0 Å². The molecule has 1 saturated heterocycles. The van der Waals surface area contributed by atoms with Crippen molar-refractivity contribution >= 4 is 10.9 Å². The van der Waals surface area contributed by atoms with Crippen molar-refractivity contribution in [3.8, 4) is 11.4 Å². The summed E-state index contributed by atoms with van der Waals surface area (Å²) in [6.07, 6.45) is 4.35. The monoisotopic (exact) mass is 293 g/mol. The van der Waals surface area contributed by atoms with Crippen LogP contribution in [0.15, 0.2) is 54.7 Å². The van der Waals surface area contributed by atoms with E-state index in [2.05, 4.69) is 34.7 Å². The van der Waals surface area contributed by atoms with E-state index in [0.717, 1.165) is 35.5 Å². The zero-order valence-corrected chi connectivity index (χ0v) is 12.4. The molecule has 0 bridgehead atoms. The molecule has 112 valence electrons. The van der Waals surface area contributed by atoms with E-state index < -0.39 is 0 Å². The molecule has 0 aliphatic carbocycles. The second-order valence-electron chi connectivity index (χ2n) is 5.71. The van der Waals surface area contributed by atoms with Gasteiger partial charge in [0.15, 0.2) is 0 Å². The second kappa shape index (κ2) is 5.81. The zero-order valence-electron chi connectivity index (χ0n) is 12.4. The van der Waals surface area contributed by atoms with E-state index in [1.807, 2.05) is 35.1 Å². The molecule has 0 saturated carbocycles. The lowest BCUT2D eigenvalue weighted by Crippen LogP contribution is -2.28. The van der Waals surface area contributed by atoms with Gasteiger partial charge in [0.1, 0.15) is 12.4 Å². The number of benzene rings is 2. The average molecular weight is 293 g/mol. The van der Waals surface area contributed by atoms with E-state index in [1.165, 1.54) is 12.8 Å². The number of hydrogen-bond donors (Lipinski definition) is 1. The summed E-state index contributed by atoms with van der Waals surface area (Å²) in [5.74, 6) is 0.911. The Labute approximate surface area is 129 Å². The molecule has 2 heterocycles. The number of fused-ring (bicyclic) bond motifs is 1. The topological polar surface area (TPSA) is 39.1 Å². The van der Waals surface area contributed by atoms with Crippen LogP contribution >= 0.6 is 0 Å². The first-order valence-corrected chi connectivity index (χ1v) is 7.79. The molecule has 2 aromatic carbocycles. The minimum absolute atomic E-state index is 0.495. The van der Waals surface area contributed by atoms with E-state index in [0.29, 0.717) is 6.04 Å². The maximum absolute atomic E-state index is 5.86. The molecule has 1 fully saturated rings. The molecule has 1 aromatic heterocycles. The first kappa shape index (κ1) is 13.3. The first-order valence-electron chi connectivity index (χ1n) is 7.79. The predicted molar refractivity (Wildman–Crippen MR) is 87.6 cm³/mol. The summed E-state index contributed by atoms with van der Waals surface area (Å²) >= 11 is 0. The van der Waals surface area contributed by atoms with Crippen LogP contribution in [-0.4, -0.2) is 29.0 Å². The van der Waals surface area contributed by atoms with Gasteiger partial charge in [-0.3, -0.25) is 0 Å². The van der Waals surface area contributed by atoms with Crippen molar-refractivity contribution in [3.63, 3.8) is 0 Å². The Morgan fingerprint density at radius 2 is 2.00 bits per heavy atom. The van der Waals surface area contributed by atoms with Crippen LogP contribution in [0.25, 0.3) is 16.6 Å². The van der Waals surface area contributed by atoms with Gasteiger partial charge in [-0.2, -0.15) is 5.10 Å². The Kier molecular flexibility index (Phi) is 3.52. The van der Waals surface area contributed by atoms with Gasteiger partial charge >= 0.3 is 0 Å². The molecule has 4 rings (SSSR count). The third kappa shape index (κ3) is 2.57. The van der Waals surface area contributed by atoms with Gasteiger partial charge in [-0.1, -0.05) is 18.2 Å². The number of nitrogens with zero attached hydrogens (tertiary/aromatic N) is 2. The van der Waals surface area contributed by atoms with Gasteiger partial charge in [-0.05, 0) is 49.7 Å². The molecule has 0 spiro atoms. The highest BCUT2D eigenvalue weighted by Gasteiger charge is 2.14. The van der Waals surface area contributed by atoms with Gasteiger partial charge in [0.05, 0.1) is 17.4 Å². The van der Waals surface area contributed by atoms with Gasteiger partial charge < -0.3 is 10.1 Å². The van der Waals surface area contributed by atoms with Crippen molar-refractivity contribution in [2.45, 2.75) is 18.9 Å². The van der Waals surface area contributed by atoms with E-state index in [1.54, 1.807) is 0 Å². The lowest BCUT2D eigenvalue weighted by atomic mass is 10.2. The van der Waals surface area contributed by atoms with Crippen molar-refractivity contribution in [1.82, 2.24) is 15.1 Å². The highest BCUT2D eigenvalue weighted by atomic mass is 16.5. The average Bonchev–Trinajstić information content (AvgIpc) is 3.23. The standard InChI is InChI=1S/C18H19N3O/c1-2-6-18-14(4-1)12-20-21(18)16-7-9-17(10-8-16)22-13-15-5-3-11-19-15/h1-2,4,6-10,12,15,19H,3,5,11,13H2/t15-/m1/s1. The number of nitrogens with one attached hydrogen (secondary N) is 1. The van der Waals surface area contributed by atoms with E-state index >= 15 is 0 Å². The summed E-state index contributed by atoms with van der Waals surface area (Å²) in [4.78, 5) is 0. The van der Waals surface area contributed by atoms with E-state index in [9.17, 15) is 0 Å². The summed E-state index contributed by atoms with van der Waals surface area (Å²) in [5.41, 5.74) is 2.17. The van der Waals surface area contributed by atoms with Crippen molar-refractivity contribution in [1.29, 1.82) is 0 Å². The van der Waals surface area contributed by atoms with Crippen molar-refractivity contribution in [2.75, 3.05) is 13.2 Å². The summed E-state index contributed by atoms with van der Waals surface area (Å²) in [5, 5.41) is 9.06. The third-order valence-corrected chi connectivity index (χ3v) is 4.17. The van der Waals surface area contributed by atoms with Crippen molar-refractivity contribution in [2.24, 2.45) is 0 Å². The lowest BCUT2D eigenvalue weighted by Gasteiger charge is -2.12. The molecule has 1 N–H and O–H groups in total. The number of para-hydroxylation sites is 1. The van der Waals surface area contributed by atoms with Gasteiger partial charge in [0, 0.05) is 11.4 Å². The quantitative estimate of drug-likeness (QED) is 0.803. The molecule has 4 nitrogen and oxygen atoms in total. The maximum atomic E-state index is 5.86. The highest BCUT2D eigenvalue weighted by Crippen LogP contribution is 2.20. The Hall–Kier alpha value is -2.33. The summed E-state index contributed by atoms with van der Waals surface area (Å²) in [6.45, 7) is 1.85. The van der Waals surface area contributed by atoms with Crippen LogP contribution in [0, 0.1) is 0 Å². The molecular weight excluding hydrogens is 274 g/mol. The fourth-order valence-electron chi connectivity index (χ4n) is 2.96. The Morgan fingerprint density at radius 1 is 1.14 bits per heavy atom. The van der Waals surface area contributed by atoms with Crippen LogP contribution in [-0.2, 0) is 0 Å². The minimum Gasteiger partial charge on any atom is -0.492 e. The Balaban J connectivity index is 1.51. The number of hydrogen-bond acceptors (Lipinski definition) is 3. The van der Waals surface area contributed by atoms with Crippen molar-refractivity contribution < 1.29 is 4.74 Å². The van der Waals surface area contributed by atoms with Crippen LogP contribution in [0.4, 0.5) is 0 Å². The van der Waals surface area contributed by atoms with Gasteiger partial charge in [-0.25, -0.2) is 4.68 Å². The molecule has 4 heteroatoms. The van der Waals surface area contributed by atoms with E-state index in [4.69, 9.17) is 4.74 Å². The van der Waals surface area contributed by atoms with Gasteiger partial charge in [-0.15, -0.1) is 0 Å². The molecule has 0 radical (unpaired) electrons. The molecule has 22 heavy (non-hydrogen) atoms. The zero-order chi connectivity index (χ0) is 14.8. The molecule has 0 unspecified atom stereocenters. The fourth-order valence-corrected chi connectivity index (χ4v) is 2.96. The van der Waals surface area contributed by atoms with Gasteiger partial charge in [0.2, 0.25) is 0 Å². The number of ether oxygens (including phenoxy) is 1. The molecule has 3 aromatic rings. The molecule has 1 aliphatic heterocycles. The van der Waals surface area contributed by atoms with Crippen LogP contribution in [0.5, 0.6) is 5.75 Å². The predicted octanol–water partition coefficient (Wildman–Crippen LogP) is 3.16.